The van der Waals surface area contributed by atoms with Crippen LogP contribution in [0.3, 0.4) is 0 Å². The Morgan fingerprint density at radius 2 is 1.19 bits per heavy atom. The minimum Gasteiger partial charge on any atom is -0.358 e. The first kappa shape index (κ1) is 79.6. The number of likely N-dealkylation sites (N-methyl/N-ethyl adjacent to an activating group) is 1. The SMILES string of the molecule is CNC(=O)CN(CC(Cc1ccccc1)NC(=O)C1CCCCCC(=O)CCC(NC(=O)CN(CC(CCCCN)NC(=O)C(CCCCN)CC(C)C)S(=O)(=O)Cc2ccccc2)C(=O)CC(Cc2ccccc2)CN(S(=O)(=O)CCN)CC(=O)C1)S(=O)(=O)CCN. The Morgan fingerprint density at radius 3 is 1.80 bits per heavy atom. The molecule has 0 bridgehead atoms. The highest BCUT2D eigenvalue weighted by Crippen LogP contribution is 2.25. The zero-order valence-corrected chi connectivity index (χ0v) is 57.3. The molecule has 6 atom stereocenters. The van der Waals surface area contributed by atoms with Crippen molar-refractivity contribution in [2.45, 2.75) is 153 Å². The molecule has 1 fully saturated rings. The van der Waals surface area contributed by atoms with Gasteiger partial charge in [-0.15, -0.1) is 0 Å². The van der Waals surface area contributed by atoms with Gasteiger partial charge < -0.3 is 44.2 Å². The van der Waals surface area contributed by atoms with Crippen molar-refractivity contribution in [1.82, 2.24) is 34.2 Å². The summed E-state index contributed by atoms with van der Waals surface area (Å²) in [5.41, 5.74) is 25.1. The van der Waals surface area contributed by atoms with E-state index in [1.165, 1.54) is 7.05 Å². The Labute approximate surface area is 552 Å². The minimum atomic E-state index is -4.35. The maximum absolute atomic E-state index is 15.1. The average molecular weight is 1360 g/mol. The van der Waals surface area contributed by atoms with E-state index < -0.39 is 139 Å². The number of nitrogens with one attached hydrogen (secondary N) is 4. The third kappa shape index (κ3) is 30.2. The van der Waals surface area contributed by atoms with Gasteiger partial charge in [-0.25, -0.2) is 25.3 Å². The molecule has 520 valence electrons. The van der Waals surface area contributed by atoms with Gasteiger partial charge in [0.1, 0.15) is 11.6 Å². The highest BCUT2D eigenvalue weighted by molar-refractivity contribution is 7.89. The summed E-state index contributed by atoms with van der Waals surface area (Å²) in [7, 11) is -11.4. The van der Waals surface area contributed by atoms with Gasteiger partial charge in [-0.1, -0.05) is 131 Å². The van der Waals surface area contributed by atoms with Crippen molar-refractivity contribution in [3.8, 4) is 0 Å². The highest BCUT2D eigenvalue weighted by atomic mass is 32.2. The molecule has 4 rings (SSSR count). The van der Waals surface area contributed by atoms with Gasteiger partial charge in [0, 0.05) is 89.4 Å². The van der Waals surface area contributed by atoms with Crippen LogP contribution in [0.4, 0.5) is 0 Å². The number of nitrogens with zero attached hydrogens (tertiary/aromatic N) is 3. The van der Waals surface area contributed by atoms with E-state index in [9.17, 15) is 54.0 Å². The number of unbranched alkanes of at least 4 members (excludes halogenated alkanes) is 2. The van der Waals surface area contributed by atoms with Crippen molar-refractivity contribution in [3.05, 3.63) is 108 Å². The Morgan fingerprint density at radius 1 is 0.613 bits per heavy atom. The van der Waals surface area contributed by atoms with Crippen LogP contribution in [-0.4, -0.2) is 181 Å². The average Bonchev–Trinajstić information content (AvgIpc) is 0.946. The fourth-order valence-corrected chi connectivity index (χ4v) is 15.8. The summed E-state index contributed by atoms with van der Waals surface area (Å²) in [5, 5.41) is 11.3. The van der Waals surface area contributed by atoms with Crippen molar-refractivity contribution in [2.75, 3.05) is 84.0 Å². The standard InChI is InChI=1S/C66H105N11O13S3/c1-50(2)38-55(27-16-18-32-67)65(83)72-57(28-17-19-33-68)44-77(93(89,90)49-53-24-12-6-13-25-53)48-64(82)74-61-31-30-59(78)29-15-7-14-26-56(42-60(79)46-75(91(85,86)36-34-69)43-54(41-62(61)80)39-51-20-8-4-9-21-51)66(84)73-58(40-52-22-10-5-11-23-52)45-76(47-63(81)71-3)92(87,88)37-35-70/h4-6,8-13,20-25,50,54-58,61H,7,14-19,26-49,67-70H2,1-3H3,(H,71,81)(H,72,83)(H,73,84)(H,74,82). The van der Waals surface area contributed by atoms with Crippen LogP contribution in [0.15, 0.2) is 91.0 Å². The fraction of sp³-hybridized carbons (Fsp3) is 0.621. The highest BCUT2D eigenvalue weighted by Gasteiger charge is 2.36. The molecule has 4 amide bonds. The van der Waals surface area contributed by atoms with Gasteiger partial charge in [0.05, 0.1) is 42.9 Å². The molecule has 1 aliphatic heterocycles. The third-order valence-electron chi connectivity index (χ3n) is 16.5. The molecule has 0 aliphatic carbocycles. The summed E-state index contributed by atoms with van der Waals surface area (Å²) in [6.07, 6.45) is 4.36. The van der Waals surface area contributed by atoms with Crippen molar-refractivity contribution in [2.24, 2.45) is 46.6 Å². The largest absolute Gasteiger partial charge is 0.358 e. The number of carbonyl (C=O) groups is 7. The Kier molecular flexibility index (Phi) is 35.8. The molecule has 1 heterocycles. The summed E-state index contributed by atoms with van der Waals surface area (Å²) < 4.78 is 88.1. The number of hydrogen-bond donors (Lipinski definition) is 8. The van der Waals surface area contributed by atoms with E-state index in [1.807, 2.05) is 13.8 Å². The number of rotatable bonds is 36. The first-order valence-corrected chi connectivity index (χ1v) is 37.7. The van der Waals surface area contributed by atoms with Crippen molar-refractivity contribution in [1.29, 1.82) is 0 Å². The molecule has 24 nitrogen and oxygen atoms in total. The van der Waals surface area contributed by atoms with Gasteiger partial charge in [0.2, 0.25) is 53.7 Å². The van der Waals surface area contributed by atoms with Gasteiger partial charge >= 0.3 is 0 Å². The zero-order chi connectivity index (χ0) is 68.4. The van der Waals surface area contributed by atoms with Crippen LogP contribution in [0.1, 0.15) is 133 Å². The molecule has 27 heteroatoms. The molecule has 1 aliphatic rings. The summed E-state index contributed by atoms with van der Waals surface area (Å²) in [5.74, 6) is -7.44. The number of benzene rings is 3. The molecule has 93 heavy (non-hydrogen) atoms. The number of amides is 4. The predicted molar refractivity (Wildman–Crippen MR) is 362 cm³/mol. The molecule has 12 N–H and O–H groups in total. The van der Waals surface area contributed by atoms with Crippen molar-refractivity contribution in [3.63, 3.8) is 0 Å². The van der Waals surface area contributed by atoms with Gasteiger partial charge in [-0.3, -0.25) is 33.6 Å². The molecule has 0 spiro atoms. The lowest BCUT2D eigenvalue weighted by Gasteiger charge is -2.30. The number of sulfonamides is 3. The van der Waals surface area contributed by atoms with E-state index in [4.69, 9.17) is 22.9 Å². The van der Waals surface area contributed by atoms with Crippen LogP contribution in [0.25, 0.3) is 0 Å². The Bertz CT molecular complexity index is 3130. The van der Waals surface area contributed by atoms with Gasteiger partial charge in [0.25, 0.3) is 0 Å². The van der Waals surface area contributed by atoms with E-state index in [2.05, 4.69) is 21.3 Å². The first-order chi connectivity index (χ1) is 44.3. The molecular weight excluding hydrogens is 1250 g/mol. The molecule has 1 saturated heterocycles. The number of nitrogens with two attached hydrogens (primary N) is 4. The summed E-state index contributed by atoms with van der Waals surface area (Å²) in [6, 6.07) is 23.2. The predicted octanol–water partition coefficient (Wildman–Crippen LogP) is 3.07. The maximum atomic E-state index is 15.1. The third-order valence-corrected chi connectivity index (χ3v) is 21.9. The summed E-state index contributed by atoms with van der Waals surface area (Å²) in [4.78, 5) is 99.7. The van der Waals surface area contributed by atoms with Gasteiger partial charge in [-0.2, -0.15) is 12.9 Å². The van der Waals surface area contributed by atoms with Crippen LogP contribution in [0.5, 0.6) is 0 Å². The molecule has 0 radical (unpaired) electrons. The molecule has 0 aromatic heterocycles. The molecule has 0 saturated carbocycles. The zero-order valence-electron chi connectivity index (χ0n) is 54.8. The van der Waals surface area contributed by atoms with Crippen molar-refractivity contribution < 1.29 is 58.8 Å². The van der Waals surface area contributed by atoms with Crippen LogP contribution in [-0.2, 0) is 82.2 Å². The van der Waals surface area contributed by atoms with Crippen LogP contribution in [0.2, 0.25) is 0 Å². The van der Waals surface area contributed by atoms with E-state index in [0.29, 0.717) is 75.6 Å². The van der Waals surface area contributed by atoms with Gasteiger partial charge in [-0.05, 0) is 106 Å². The second kappa shape index (κ2) is 41.8. The monoisotopic (exact) mass is 1360 g/mol. The van der Waals surface area contributed by atoms with E-state index in [1.54, 1.807) is 91.0 Å². The summed E-state index contributed by atoms with van der Waals surface area (Å²) >= 11 is 0. The smallest absolute Gasteiger partial charge is 0.235 e. The second-order valence-corrected chi connectivity index (χ2v) is 31.1. The molecular formula is C66H105N11O13S3. The first-order valence-electron chi connectivity index (χ1n) is 32.8. The normalized spacial score (nSPS) is 18.3. The van der Waals surface area contributed by atoms with Crippen LogP contribution < -0.4 is 44.2 Å². The number of ketones is 3. The fourth-order valence-electron chi connectivity index (χ4n) is 11.7. The maximum Gasteiger partial charge on any atom is 0.235 e. The molecule has 3 aromatic rings. The van der Waals surface area contributed by atoms with E-state index in [0.717, 1.165) is 31.3 Å². The van der Waals surface area contributed by atoms with E-state index >= 15 is 4.79 Å². The second-order valence-electron chi connectivity index (χ2n) is 25.0. The number of Topliss-reactive ketones (excluding diaryl/α,β-unsaturated/α-hetero) is 3. The minimum absolute atomic E-state index is 0.0562. The van der Waals surface area contributed by atoms with E-state index in [-0.39, 0.29) is 94.7 Å². The lowest BCUT2D eigenvalue weighted by atomic mass is 9.89. The lowest BCUT2D eigenvalue weighted by Crippen LogP contribution is -2.52. The van der Waals surface area contributed by atoms with Crippen LogP contribution >= 0.6 is 0 Å². The van der Waals surface area contributed by atoms with Gasteiger partial charge in [0.15, 0.2) is 5.78 Å². The summed E-state index contributed by atoms with van der Waals surface area (Å²) in [6.45, 7) is 1.26. The lowest BCUT2D eigenvalue weighted by molar-refractivity contribution is -0.130. The van der Waals surface area contributed by atoms with Crippen molar-refractivity contribution >= 4 is 71.0 Å². The van der Waals surface area contributed by atoms with Crippen LogP contribution in [0, 0.1) is 23.7 Å². The Balaban J connectivity index is 1.74. The molecule has 6 unspecified atom stereocenters. The topological polar surface area (TPSA) is 384 Å². The molecule has 3 aromatic carbocycles. The quantitative estimate of drug-likeness (QED) is 0.0388. The number of hydrogen-bond acceptors (Lipinski definition) is 17. The number of carbonyl (C=O) groups excluding carboxylic acids is 7. The Hall–Kier alpha value is -5.88.